The first-order chi connectivity index (χ1) is 14.5. The van der Waals surface area contributed by atoms with Crippen LogP contribution < -0.4 is 10.6 Å². The predicted molar refractivity (Wildman–Crippen MR) is 111 cm³/mol. The van der Waals surface area contributed by atoms with Gasteiger partial charge in [-0.2, -0.15) is 0 Å². The highest BCUT2D eigenvalue weighted by atomic mass is 35.5. The molecule has 0 saturated carbocycles. The molecule has 1 fully saturated rings. The van der Waals surface area contributed by atoms with Crippen LogP contribution in [0.5, 0.6) is 0 Å². The fraction of sp³-hybridized carbons (Fsp3) is 0.286. The Bertz CT molecular complexity index is 1080. The predicted octanol–water partition coefficient (Wildman–Crippen LogP) is 2.90. The van der Waals surface area contributed by atoms with Crippen molar-refractivity contribution in [3.63, 3.8) is 0 Å². The van der Waals surface area contributed by atoms with Gasteiger partial charge in [-0.05, 0) is 42.1 Å². The van der Waals surface area contributed by atoms with Gasteiger partial charge in [0.2, 0.25) is 5.91 Å². The lowest BCUT2D eigenvalue weighted by Crippen LogP contribution is -2.33. The number of rotatable bonds is 8. The molecule has 0 spiro atoms. The zero-order valence-electron chi connectivity index (χ0n) is 16.1. The van der Waals surface area contributed by atoms with Gasteiger partial charge in [-0.3, -0.25) is 14.5 Å². The molecule has 30 heavy (non-hydrogen) atoms. The summed E-state index contributed by atoms with van der Waals surface area (Å²) in [6.07, 6.45) is 3.82. The number of imide groups is 1. The maximum absolute atomic E-state index is 12.4. The Kier molecular flexibility index (Phi) is 5.76. The number of carbonyl (C=O) groups is 3. The second kappa shape index (κ2) is 8.62. The van der Waals surface area contributed by atoms with Crippen LogP contribution in [0.25, 0.3) is 10.9 Å². The van der Waals surface area contributed by atoms with Crippen molar-refractivity contribution in [3.8, 4) is 0 Å². The summed E-state index contributed by atoms with van der Waals surface area (Å²) in [6.45, 7) is 1.13. The van der Waals surface area contributed by atoms with Gasteiger partial charge in [-0.1, -0.05) is 17.7 Å². The molecule has 1 atom stereocenters. The van der Waals surface area contributed by atoms with E-state index >= 15 is 0 Å². The van der Waals surface area contributed by atoms with Crippen molar-refractivity contribution in [2.75, 3.05) is 6.54 Å². The normalized spacial score (nSPS) is 16.3. The summed E-state index contributed by atoms with van der Waals surface area (Å²) in [7, 11) is 0. The number of nitrogens with zero attached hydrogens (tertiary/aromatic N) is 2. The van der Waals surface area contributed by atoms with E-state index < -0.39 is 12.1 Å². The number of benzene rings is 1. The Labute approximate surface area is 177 Å². The summed E-state index contributed by atoms with van der Waals surface area (Å²) in [4.78, 5) is 37.8. The van der Waals surface area contributed by atoms with Gasteiger partial charge in [0.05, 0.1) is 12.8 Å². The van der Waals surface area contributed by atoms with Gasteiger partial charge in [-0.15, -0.1) is 0 Å². The van der Waals surface area contributed by atoms with Gasteiger partial charge < -0.3 is 19.6 Å². The molecular formula is C21H21ClN4O4. The molecule has 3 aromatic rings. The number of urea groups is 1. The number of carbonyl (C=O) groups excluding carboxylic acids is 3. The van der Waals surface area contributed by atoms with E-state index in [-0.39, 0.29) is 31.2 Å². The standard InChI is InChI=1S/C21H21ClN4O4/c22-15-4-3-14-7-9-25(18(14)12-15)10-8-23-19(27)6-5-17-20(28)26(21(29)24-17)13-16-2-1-11-30-16/h1-4,7,9,11-12,17H,5-6,8,10,13H2,(H,23,27)(H,24,29). The van der Waals surface area contributed by atoms with E-state index in [9.17, 15) is 14.4 Å². The van der Waals surface area contributed by atoms with Crippen LogP contribution in [0.15, 0.2) is 53.3 Å². The maximum Gasteiger partial charge on any atom is 0.325 e. The lowest BCUT2D eigenvalue weighted by atomic mass is 10.1. The summed E-state index contributed by atoms with van der Waals surface area (Å²) in [6, 6.07) is 9.90. The number of hydrogen-bond acceptors (Lipinski definition) is 4. The van der Waals surface area contributed by atoms with Crippen molar-refractivity contribution in [2.45, 2.75) is 32.0 Å². The SMILES string of the molecule is O=C(CCC1NC(=O)N(Cc2ccco2)C1=O)NCCn1ccc2ccc(Cl)cc21. The topological polar surface area (TPSA) is 96.6 Å². The fourth-order valence-corrected chi connectivity index (χ4v) is 3.68. The fourth-order valence-electron chi connectivity index (χ4n) is 3.51. The molecule has 1 aromatic carbocycles. The molecule has 1 saturated heterocycles. The number of fused-ring (bicyclic) bond motifs is 1. The van der Waals surface area contributed by atoms with Gasteiger partial charge in [0.1, 0.15) is 11.8 Å². The van der Waals surface area contributed by atoms with Gasteiger partial charge in [0, 0.05) is 36.2 Å². The Morgan fingerprint density at radius 3 is 2.90 bits per heavy atom. The van der Waals surface area contributed by atoms with E-state index in [4.69, 9.17) is 16.0 Å². The van der Waals surface area contributed by atoms with Crippen LogP contribution in [-0.2, 0) is 22.7 Å². The maximum atomic E-state index is 12.4. The van der Waals surface area contributed by atoms with E-state index in [1.807, 2.05) is 35.0 Å². The molecule has 1 unspecified atom stereocenters. The van der Waals surface area contributed by atoms with Gasteiger partial charge >= 0.3 is 6.03 Å². The highest BCUT2D eigenvalue weighted by molar-refractivity contribution is 6.31. The van der Waals surface area contributed by atoms with Crippen LogP contribution in [0.1, 0.15) is 18.6 Å². The van der Waals surface area contributed by atoms with Crippen molar-refractivity contribution >= 4 is 40.3 Å². The Hall–Kier alpha value is -3.26. The third-order valence-corrected chi connectivity index (χ3v) is 5.31. The smallest absolute Gasteiger partial charge is 0.325 e. The average molecular weight is 429 g/mol. The third kappa shape index (κ3) is 4.33. The molecule has 9 heteroatoms. The molecule has 156 valence electrons. The molecule has 0 bridgehead atoms. The molecular weight excluding hydrogens is 408 g/mol. The van der Waals surface area contributed by atoms with E-state index in [0.29, 0.717) is 23.9 Å². The number of amides is 4. The molecule has 1 aliphatic rings. The summed E-state index contributed by atoms with van der Waals surface area (Å²) in [5, 5.41) is 7.22. The van der Waals surface area contributed by atoms with Gasteiger partial charge in [0.25, 0.3) is 5.91 Å². The molecule has 0 radical (unpaired) electrons. The first-order valence-electron chi connectivity index (χ1n) is 9.66. The first kappa shape index (κ1) is 20.0. The lowest BCUT2D eigenvalue weighted by molar-refractivity contribution is -0.128. The van der Waals surface area contributed by atoms with Crippen LogP contribution in [-0.4, -0.2) is 39.9 Å². The molecule has 4 rings (SSSR count). The minimum Gasteiger partial charge on any atom is -0.467 e. The molecule has 3 heterocycles. The molecule has 2 aromatic heterocycles. The quantitative estimate of drug-likeness (QED) is 0.539. The number of halogens is 1. The summed E-state index contributed by atoms with van der Waals surface area (Å²) >= 11 is 6.06. The van der Waals surface area contributed by atoms with Crippen LogP contribution in [0.3, 0.4) is 0 Å². The number of aromatic nitrogens is 1. The monoisotopic (exact) mass is 428 g/mol. The summed E-state index contributed by atoms with van der Waals surface area (Å²) in [5.74, 6) is 0.00614. The largest absolute Gasteiger partial charge is 0.467 e. The summed E-state index contributed by atoms with van der Waals surface area (Å²) in [5.41, 5.74) is 1.01. The van der Waals surface area contributed by atoms with Crippen LogP contribution >= 0.6 is 11.6 Å². The number of furan rings is 1. The summed E-state index contributed by atoms with van der Waals surface area (Å²) < 4.78 is 7.21. The van der Waals surface area contributed by atoms with Crippen LogP contribution in [0.4, 0.5) is 4.79 Å². The van der Waals surface area contributed by atoms with Gasteiger partial charge in [-0.25, -0.2) is 4.79 Å². The van der Waals surface area contributed by atoms with Crippen molar-refractivity contribution in [1.82, 2.24) is 20.1 Å². The van der Waals surface area contributed by atoms with E-state index in [1.54, 1.807) is 12.1 Å². The van der Waals surface area contributed by atoms with Crippen molar-refractivity contribution in [2.24, 2.45) is 0 Å². The van der Waals surface area contributed by atoms with E-state index in [0.717, 1.165) is 15.8 Å². The Morgan fingerprint density at radius 1 is 1.23 bits per heavy atom. The second-order valence-corrected chi connectivity index (χ2v) is 7.54. The highest BCUT2D eigenvalue weighted by Gasteiger charge is 2.38. The highest BCUT2D eigenvalue weighted by Crippen LogP contribution is 2.20. The molecule has 4 amide bonds. The van der Waals surface area contributed by atoms with E-state index in [1.165, 1.54) is 6.26 Å². The van der Waals surface area contributed by atoms with Crippen molar-refractivity contribution in [1.29, 1.82) is 0 Å². The minimum absolute atomic E-state index is 0.0786. The number of hydrogen-bond donors (Lipinski definition) is 2. The average Bonchev–Trinajstić information content (AvgIpc) is 3.43. The zero-order chi connectivity index (χ0) is 21.1. The zero-order valence-corrected chi connectivity index (χ0v) is 16.9. The molecule has 2 N–H and O–H groups in total. The Morgan fingerprint density at radius 2 is 2.10 bits per heavy atom. The number of nitrogens with one attached hydrogen (secondary N) is 2. The third-order valence-electron chi connectivity index (χ3n) is 5.07. The van der Waals surface area contributed by atoms with Crippen LogP contribution in [0, 0.1) is 0 Å². The Balaban J connectivity index is 1.23. The van der Waals surface area contributed by atoms with Crippen LogP contribution in [0.2, 0.25) is 5.02 Å². The molecule has 0 aliphatic carbocycles. The van der Waals surface area contributed by atoms with Crippen molar-refractivity contribution in [3.05, 3.63) is 59.6 Å². The molecule has 1 aliphatic heterocycles. The van der Waals surface area contributed by atoms with Crippen molar-refractivity contribution < 1.29 is 18.8 Å². The second-order valence-electron chi connectivity index (χ2n) is 7.11. The minimum atomic E-state index is -0.700. The lowest BCUT2D eigenvalue weighted by Gasteiger charge is -2.11. The van der Waals surface area contributed by atoms with Gasteiger partial charge in [0.15, 0.2) is 0 Å². The van der Waals surface area contributed by atoms with E-state index in [2.05, 4.69) is 10.6 Å². The first-order valence-corrected chi connectivity index (χ1v) is 10.0. The molecule has 8 nitrogen and oxygen atoms in total.